The molecule has 3 N–H and O–H groups in total. The second kappa shape index (κ2) is 7.40. The molecule has 1 fully saturated rings. The largest absolute Gasteiger partial charge is 0.479 e. The van der Waals surface area contributed by atoms with Crippen molar-refractivity contribution in [2.75, 3.05) is 6.61 Å². The van der Waals surface area contributed by atoms with Crippen LogP contribution in [-0.4, -0.2) is 29.2 Å². The van der Waals surface area contributed by atoms with E-state index >= 15 is 0 Å². The van der Waals surface area contributed by atoms with Crippen LogP contribution in [0.25, 0.3) is 11.1 Å². The molecule has 0 heterocycles. The van der Waals surface area contributed by atoms with Gasteiger partial charge in [0.2, 0.25) is 5.54 Å². The van der Waals surface area contributed by atoms with E-state index < -0.39 is 17.5 Å². The van der Waals surface area contributed by atoms with Gasteiger partial charge in [-0.1, -0.05) is 67.8 Å². The molecular weight excluding hydrogens is 354 g/mol. The lowest BCUT2D eigenvalue weighted by molar-refractivity contribution is -0.165. The number of esters is 1. The number of carbonyl (C=O) groups is 2. The molecule has 5 nitrogen and oxygen atoms in total. The molecular formula is C23H25NO4. The number of benzene rings is 2. The minimum Gasteiger partial charge on any atom is -0.479 e. The quantitative estimate of drug-likeness (QED) is 0.611. The Balaban J connectivity index is 1.57. The number of hydrogen-bond acceptors (Lipinski definition) is 4. The standard InChI is InChI=1S/C23H25NO4/c24-23(21(25)26,15-8-2-1-3-9-15)22(27)28-14-20-18-12-6-4-10-16(18)17-11-5-7-13-19(17)20/h4-7,10-13,15,20H,1-3,8-9,14,24H2,(H,25,26)/t23-/m0/s1. The normalized spacial score (nSPS) is 18.8. The van der Waals surface area contributed by atoms with Crippen molar-refractivity contribution in [1.29, 1.82) is 0 Å². The summed E-state index contributed by atoms with van der Waals surface area (Å²) in [7, 11) is 0. The van der Waals surface area contributed by atoms with Gasteiger partial charge in [0.25, 0.3) is 0 Å². The van der Waals surface area contributed by atoms with Gasteiger partial charge in [-0.3, -0.25) is 0 Å². The van der Waals surface area contributed by atoms with Crippen molar-refractivity contribution in [3.05, 3.63) is 59.7 Å². The second-order valence-corrected chi connectivity index (χ2v) is 7.83. The molecule has 2 aromatic rings. The van der Waals surface area contributed by atoms with E-state index in [1.54, 1.807) is 0 Å². The maximum Gasteiger partial charge on any atom is 0.338 e. The maximum atomic E-state index is 12.9. The Morgan fingerprint density at radius 2 is 1.50 bits per heavy atom. The summed E-state index contributed by atoms with van der Waals surface area (Å²) in [5.74, 6) is -2.61. The van der Waals surface area contributed by atoms with E-state index in [1.807, 2.05) is 36.4 Å². The van der Waals surface area contributed by atoms with Crippen LogP contribution in [0.3, 0.4) is 0 Å². The van der Waals surface area contributed by atoms with Crippen LogP contribution >= 0.6 is 0 Å². The molecule has 0 aromatic heterocycles. The van der Waals surface area contributed by atoms with E-state index in [-0.39, 0.29) is 18.4 Å². The summed E-state index contributed by atoms with van der Waals surface area (Å²) in [5.41, 5.74) is 8.62. The maximum absolute atomic E-state index is 12.9. The average Bonchev–Trinajstić information content (AvgIpc) is 3.05. The van der Waals surface area contributed by atoms with Crippen LogP contribution in [0.5, 0.6) is 0 Å². The fourth-order valence-corrected chi connectivity index (χ4v) is 4.70. The molecule has 146 valence electrons. The monoisotopic (exact) mass is 379 g/mol. The zero-order valence-corrected chi connectivity index (χ0v) is 15.8. The van der Waals surface area contributed by atoms with Crippen molar-refractivity contribution in [1.82, 2.24) is 0 Å². The first-order valence-corrected chi connectivity index (χ1v) is 9.91. The van der Waals surface area contributed by atoms with Crippen molar-refractivity contribution < 1.29 is 19.4 Å². The van der Waals surface area contributed by atoms with Crippen LogP contribution in [0.2, 0.25) is 0 Å². The molecule has 0 bridgehead atoms. The van der Waals surface area contributed by atoms with Crippen LogP contribution in [0, 0.1) is 5.92 Å². The summed E-state index contributed by atoms with van der Waals surface area (Å²) >= 11 is 0. The first kappa shape index (κ1) is 18.7. The lowest BCUT2D eigenvalue weighted by Crippen LogP contribution is -2.61. The van der Waals surface area contributed by atoms with Gasteiger partial charge < -0.3 is 15.6 Å². The molecule has 1 saturated carbocycles. The number of nitrogens with two attached hydrogens (primary N) is 1. The third-order valence-electron chi connectivity index (χ3n) is 6.28. The molecule has 0 saturated heterocycles. The lowest BCUT2D eigenvalue weighted by Gasteiger charge is -2.34. The molecule has 4 rings (SSSR count). The van der Waals surface area contributed by atoms with E-state index in [4.69, 9.17) is 10.5 Å². The van der Waals surface area contributed by atoms with E-state index in [0.717, 1.165) is 41.5 Å². The Bertz CT molecular complexity index is 857. The number of hydrogen-bond donors (Lipinski definition) is 2. The highest BCUT2D eigenvalue weighted by atomic mass is 16.5. The number of carbonyl (C=O) groups excluding carboxylic acids is 1. The molecule has 0 unspecified atom stereocenters. The zero-order valence-electron chi connectivity index (χ0n) is 15.8. The van der Waals surface area contributed by atoms with Crippen molar-refractivity contribution in [2.24, 2.45) is 11.7 Å². The molecule has 0 aliphatic heterocycles. The van der Waals surface area contributed by atoms with Gasteiger partial charge in [-0.25, -0.2) is 9.59 Å². The smallest absolute Gasteiger partial charge is 0.338 e. The lowest BCUT2D eigenvalue weighted by atomic mass is 9.75. The fraction of sp³-hybridized carbons (Fsp3) is 0.391. The highest BCUT2D eigenvalue weighted by Gasteiger charge is 2.51. The minimum absolute atomic E-state index is 0.0891. The Hall–Kier alpha value is -2.66. The molecule has 0 radical (unpaired) electrons. The summed E-state index contributed by atoms with van der Waals surface area (Å²) < 4.78 is 5.57. The zero-order chi connectivity index (χ0) is 19.7. The summed E-state index contributed by atoms with van der Waals surface area (Å²) in [5, 5.41) is 9.74. The number of carboxylic acids is 1. The SMILES string of the molecule is N[C@@](C(=O)O)(C(=O)OCC1c2ccccc2-c2ccccc21)C1CCCCC1. The van der Waals surface area contributed by atoms with Crippen LogP contribution in [0.1, 0.15) is 49.1 Å². The molecule has 0 spiro atoms. The van der Waals surface area contributed by atoms with E-state index in [9.17, 15) is 14.7 Å². The fourth-order valence-electron chi connectivity index (χ4n) is 4.70. The summed E-state index contributed by atoms with van der Waals surface area (Å²) in [6.07, 6.45) is 4.14. The van der Waals surface area contributed by atoms with Crippen molar-refractivity contribution in [2.45, 2.75) is 43.6 Å². The third-order valence-corrected chi connectivity index (χ3v) is 6.28. The second-order valence-electron chi connectivity index (χ2n) is 7.83. The van der Waals surface area contributed by atoms with Crippen molar-refractivity contribution in [3.63, 3.8) is 0 Å². The molecule has 1 atom stereocenters. The predicted molar refractivity (Wildman–Crippen MR) is 106 cm³/mol. The van der Waals surface area contributed by atoms with Gasteiger partial charge in [-0.15, -0.1) is 0 Å². The molecule has 2 aromatic carbocycles. The average molecular weight is 379 g/mol. The van der Waals surface area contributed by atoms with Gasteiger partial charge in [0.1, 0.15) is 6.61 Å². The molecule has 28 heavy (non-hydrogen) atoms. The van der Waals surface area contributed by atoms with Gasteiger partial charge in [-0.2, -0.15) is 0 Å². The summed E-state index contributed by atoms with van der Waals surface area (Å²) in [6.45, 7) is 0.0891. The van der Waals surface area contributed by atoms with Crippen molar-refractivity contribution in [3.8, 4) is 11.1 Å². The van der Waals surface area contributed by atoms with Crippen LogP contribution in [0.4, 0.5) is 0 Å². The predicted octanol–water partition coefficient (Wildman–Crippen LogP) is 3.70. The number of ether oxygens (including phenoxy) is 1. The van der Waals surface area contributed by atoms with Crippen LogP contribution in [0.15, 0.2) is 48.5 Å². The number of fused-ring (bicyclic) bond motifs is 3. The van der Waals surface area contributed by atoms with Gasteiger partial charge in [0.15, 0.2) is 0 Å². The molecule has 2 aliphatic rings. The summed E-state index contributed by atoms with van der Waals surface area (Å²) in [4.78, 5) is 24.8. The van der Waals surface area contributed by atoms with Crippen molar-refractivity contribution >= 4 is 11.9 Å². The van der Waals surface area contributed by atoms with Crippen LogP contribution < -0.4 is 5.73 Å². The van der Waals surface area contributed by atoms with E-state index in [0.29, 0.717) is 12.8 Å². The number of aliphatic carboxylic acids is 1. The van der Waals surface area contributed by atoms with Gasteiger partial charge >= 0.3 is 11.9 Å². The van der Waals surface area contributed by atoms with Crippen LogP contribution in [-0.2, 0) is 14.3 Å². The molecule has 0 amide bonds. The van der Waals surface area contributed by atoms with Gasteiger partial charge in [0, 0.05) is 5.92 Å². The minimum atomic E-state index is -1.97. The van der Waals surface area contributed by atoms with E-state index in [2.05, 4.69) is 12.1 Å². The first-order valence-electron chi connectivity index (χ1n) is 9.91. The highest BCUT2D eigenvalue weighted by molar-refractivity contribution is 6.04. The highest BCUT2D eigenvalue weighted by Crippen LogP contribution is 2.44. The van der Waals surface area contributed by atoms with E-state index in [1.165, 1.54) is 0 Å². The first-order chi connectivity index (χ1) is 13.5. The Labute approximate surface area is 164 Å². The molecule has 2 aliphatic carbocycles. The molecule has 5 heteroatoms. The topological polar surface area (TPSA) is 89.6 Å². The third kappa shape index (κ3) is 3.00. The Morgan fingerprint density at radius 1 is 0.964 bits per heavy atom. The summed E-state index contributed by atoms with van der Waals surface area (Å²) in [6, 6.07) is 16.1. The van der Waals surface area contributed by atoms with Gasteiger partial charge in [-0.05, 0) is 41.0 Å². The number of carboxylic acid groups (broad SMARTS) is 1. The number of rotatable bonds is 5. The Morgan fingerprint density at radius 3 is 2.04 bits per heavy atom. The Kier molecular flexibility index (Phi) is 4.94. The van der Waals surface area contributed by atoms with Gasteiger partial charge in [0.05, 0.1) is 0 Å².